The lowest BCUT2D eigenvalue weighted by Crippen LogP contribution is -2.60. The Kier molecular flexibility index (Phi) is 6.41. The molecular formula is C22H25FN2O3. The first-order chi connectivity index (χ1) is 13.5. The maximum Gasteiger partial charge on any atom is 0.246 e. The van der Waals surface area contributed by atoms with Gasteiger partial charge >= 0.3 is 0 Å². The molecule has 0 bridgehead atoms. The second-order valence-electron chi connectivity index (χ2n) is 7.06. The zero-order chi connectivity index (χ0) is 20.1. The molecule has 0 N–H and O–H groups in total. The smallest absolute Gasteiger partial charge is 0.246 e. The summed E-state index contributed by atoms with van der Waals surface area (Å²) in [4.78, 5) is 29.2. The van der Waals surface area contributed by atoms with E-state index in [2.05, 4.69) is 0 Å². The second-order valence-corrected chi connectivity index (χ2v) is 7.06. The molecule has 3 rings (SSSR count). The Hall–Kier alpha value is -2.73. The van der Waals surface area contributed by atoms with E-state index < -0.39 is 6.04 Å². The molecule has 0 radical (unpaired) electrons. The Morgan fingerprint density at radius 2 is 1.86 bits per heavy atom. The maximum atomic E-state index is 13.6. The van der Waals surface area contributed by atoms with Crippen molar-refractivity contribution in [3.05, 3.63) is 71.0 Å². The van der Waals surface area contributed by atoms with Crippen molar-refractivity contribution in [1.29, 1.82) is 0 Å². The largest absolute Gasteiger partial charge is 0.383 e. The van der Waals surface area contributed by atoms with Crippen molar-refractivity contribution in [2.75, 3.05) is 26.8 Å². The van der Waals surface area contributed by atoms with Crippen LogP contribution in [0.2, 0.25) is 0 Å². The van der Waals surface area contributed by atoms with Crippen molar-refractivity contribution in [2.24, 2.45) is 0 Å². The molecule has 0 spiro atoms. The summed E-state index contributed by atoms with van der Waals surface area (Å²) in [5, 5.41) is 0. The molecule has 1 heterocycles. The van der Waals surface area contributed by atoms with Gasteiger partial charge in [0.15, 0.2) is 0 Å². The number of ether oxygens (including phenoxy) is 1. The van der Waals surface area contributed by atoms with Crippen LogP contribution in [0.3, 0.4) is 0 Å². The van der Waals surface area contributed by atoms with Gasteiger partial charge in [-0.2, -0.15) is 0 Å². The number of rotatable bonds is 7. The molecule has 148 valence electrons. The Morgan fingerprint density at radius 1 is 1.11 bits per heavy atom. The van der Waals surface area contributed by atoms with Gasteiger partial charge in [-0.3, -0.25) is 9.59 Å². The summed E-state index contributed by atoms with van der Waals surface area (Å²) in [5.41, 5.74) is 2.32. The number of carbonyl (C=O) groups is 2. The van der Waals surface area contributed by atoms with Crippen LogP contribution in [-0.4, -0.2) is 54.5 Å². The predicted molar refractivity (Wildman–Crippen MR) is 104 cm³/mol. The van der Waals surface area contributed by atoms with E-state index in [0.29, 0.717) is 25.1 Å². The molecule has 1 aliphatic heterocycles. The first-order valence-corrected chi connectivity index (χ1v) is 9.35. The normalized spacial score (nSPS) is 17.3. The third-order valence-electron chi connectivity index (χ3n) is 5.03. The van der Waals surface area contributed by atoms with E-state index in [4.69, 9.17) is 4.74 Å². The Bertz CT molecular complexity index is 841. The molecule has 1 aliphatic rings. The minimum absolute atomic E-state index is 0.0354. The predicted octanol–water partition coefficient (Wildman–Crippen LogP) is 2.56. The zero-order valence-electron chi connectivity index (χ0n) is 16.2. The molecule has 0 unspecified atom stereocenters. The highest BCUT2D eigenvalue weighted by Crippen LogP contribution is 2.21. The fraction of sp³-hybridized carbons (Fsp3) is 0.364. The van der Waals surface area contributed by atoms with Crippen LogP contribution in [0.1, 0.15) is 16.7 Å². The quantitative estimate of drug-likeness (QED) is 0.737. The molecule has 1 fully saturated rings. The highest BCUT2D eigenvalue weighted by molar-refractivity contribution is 5.95. The van der Waals surface area contributed by atoms with Gasteiger partial charge in [0.25, 0.3) is 0 Å². The van der Waals surface area contributed by atoms with Crippen LogP contribution < -0.4 is 0 Å². The number of amides is 2. The van der Waals surface area contributed by atoms with E-state index in [1.807, 2.05) is 30.3 Å². The third kappa shape index (κ3) is 4.57. The SMILES string of the molecule is COCCN1CC(=O)N(Cc2ccc(F)c(C)c2)[C@H](Cc2ccccc2)C1=O. The molecule has 6 heteroatoms. The fourth-order valence-electron chi connectivity index (χ4n) is 3.48. The van der Waals surface area contributed by atoms with Gasteiger partial charge in [0.2, 0.25) is 11.8 Å². The van der Waals surface area contributed by atoms with Gasteiger partial charge in [-0.15, -0.1) is 0 Å². The van der Waals surface area contributed by atoms with Gasteiger partial charge in [-0.05, 0) is 29.7 Å². The molecule has 0 aliphatic carbocycles. The standard InChI is InChI=1S/C22H25FN2O3/c1-16-12-18(8-9-19(16)23)14-25-20(13-17-6-4-3-5-7-17)22(27)24(10-11-28-2)15-21(25)26/h3-9,12,20H,10-11,13-15H2,1-2H3/t20-/m1/s1. The number of benzene rings is 2. The number of aryl methyl sites for hydroxylation is 1. The van der Waals surface area contributed by atoms with Crippen molar-refractivity contribution >= 4 is 11.8 Å². The van der Waals surface area contributed by atoms with Crippen molar-refractivity contribution in [3.63, 3.8) is 0 Å². The summed E-state index contributed by atoms with van der Waals surface area (Å²) in [5.74, 6) is -0.477. The van der Waals surface area contributed by atoms with Crippen LogP contribution >= 0.6 is 0 Å². The average molecular weight is 384 g/mol. The number of carbonyl (C=O) groups excluding carboxylic acids is 2. The lowest BCUT2D eigenvalue weighted by atomic mass is 9.99. The van der Waals surface area contributed by atoms with Crippen LogP contribution in [0.15, 0.2) is 48.5 Å². The van der Waals surface area contributed by atoms with E-state index >= 15 is 0 Å². The Balaban J connectivity index is 1.86. The van der Waals surface area contributed by atoms with Crippen molar-refractivity contribution < 1.29 is 18.7 Å². The molecule has 1 atom stereocenters. The van der Waals surface area contributed by atoms with Gasteiger partial charge in [0.1, 0.15) is 11.9 Å². The summed E-state index contributed by atoms with van der Waals surface area (Å²) >= 11 is 0. The number of halogens is 1. The van der Waals surface area contributed by atoms with E-state index in [0.717, 1.165) is 11.1 Å². The Labute approximate surface area is 164 Å². The van der Waals surface area contributed by atoms with Gasteiger partial charge in [-0.25, -0.2) is 4.39 Å². The monoisotopic (exact) mass is 384 g/mol. The summed E-state index contributed by atoms with van der Waals surface area (Å²) < 4.78 is 18.7. The van der Waals surface area contributed by atoms with E-state index in [1.54, 1.807) is 36.0 Å². The number of hydrogen-bond donors (Lipinski definition) is 0. The van der Waals surface area contributed by atoms with Crippen molar-refractivity contribution in [3.8, 4) is 0 Å². The number of piperazine rings is 1. The van der Waals surface area contributed by atoms with Gasteiger partial charge in [-0.1, -0.05) is 42.5 Å². The van der Waals surface area contributed by atoms with Gasteiger partial charge < -0.3 is 14.5 Å². The van der Waals surface area contributed by atoms with Crippen LogP contribution in [0.25, 0.3) is 0 Å². The third-order valence-corrected chi connectivity index (χ3v) is 5.03. The molecule has 2 amide bonds. The molecule has 5 nitrogen and oxygen atoms in total. The Morgan fingerprint density at radius 3 is 2.54 bits per heavy atom. The molecule has 2 aromatic carbocycles. The molecule has 0 saturated carbocycles. The maximum absolute atomic E-state index is 13.6. The molecule has 1 saturated heterocycles. The second kappa shape index (κ2) is 8.97. The van der Waals surface area contributed by atoms with Gasteiger partial charge in [0.05, 0.1) is 13.2 Å². The van der Waals surface area contributed by atoms with E-state index in [1.165, 1.54) is 6.07 Å². The average Bonchev–Trinajstić information content (AvgIpc) is 2.69. The van der Waals surface area contributed by atoms with E-state index in [9.17, 15) is 14.0 Å². The molecule has 0 aromatic heterocycles. The van der Waals surface area contributed by atoms with Crippen LogP contribution in [0, 0.1) is 12.7 Å². The van der Waals surface area contributed by atoms with Crippen LogP contribution in [-0.2, 0) is 27.3 Å². The van der Waals surface area contributed by atoms with Crippen molar-refractivity contribution in [2.45, 2.75) is 25.9 Å². The first kappa shape index (κ1) is 20.0. The topological polar surface area (TPSA) is 49.9 Å². The van der Waals surface area contributed by atoms with Crippen LogP contribution in [0.4, 0.5) is 4.39 Å². The summed E-state index contributed by atoms with van der Waals surface area (Å²) in [6.45, 7) is 2.77. The molecule has 2 aromatic rings. The van der Waals surface area contributed by atoms with Crippen LogP contribution in [0.5, 0.6) is 0 Å². The first-order valence-electron chi connectivity index (χ1n) is 9.35. The van der Waals surface area contributed by atoms with Crippen molar-refractivity contribution in [1.82, 2.24) is 9.80 Å². The molecular weight excluding hydrogens is 359 g/mol. The van der Waals surface area contributed by atoms with E-state index in [-0.39, 0.29) is 30.7 Å². The fourth-order valence-corrected chi connectivity index (χ4v) is 3.48. The highest BCUT2D eigenvalue weighted by atomic mass is 19.1. The summed E-state index contributed by atoms with van der Waals surface area (Å²) in [6.07, 6.45) is 0.440. The lowest BCUT2D eigenvalue weighted by Gasteiger charge is -2.40. The number of hydrogen-bond acceptors (Lipinski definition) is 3. The van der Waals surface area contributed by atoms with Gasteiger partial charge in [0, 0.05) is 26.6 Å². The minimum Gasteiger partial charge on any atom is -0.383 e. The zero-order valence-corrected chi connectivity index (χ0v) is 16.2. The number of nitrogens with zero attached hydrogens (tertiary/aromatic N) is 2. The minimum atomic E-state index is -0.592. The summed E-state index contributed by atoms with van der Waals surface area (Å²) in [6, 6.07) is 13.9. The summed E-state index contributed by atoms with van der Waals surface area (Å²) in [7, 11) is 1.57. The lowest BCUT2D eigenvalue weighted by molar-refractivity contribution is -0.157. The number of methoxy groups -OCH3 is 1. The molecule has 28 heavy (non-hydrogen) atoms. The highest BCUT2D eigenvalue weighted by Gasteiger charge is 2.39.